The van der Waals surface area contributed by atoms with Gasteiger partial charge in [-0.15, -0.1) is 0 Å². The van der Waals surface area contributed by atoms with Crippen LogP contribution in [0.1, 0.15) is 32.6 Å². The molecule has 0 radical (unpaired) electrons. The molecule has 2 rings (SSSR count). The number of ether oxygens (including phenoxy) is 1. The first-order valence-corrected chi connectivity index (χ1v) is 8.22. The molecule has 2 atom stereocenters. The van der Waals surface area contributed by atoms with Crippen molar-refractivity contribution in [1.29, 1.82) is 0 Å². The number of halogens is 3. The van der Waals surface area contributed by atoms with Crippen molar-refractivity contribution in [3.63, 3.8) is 0 Å². The average molecular weight is 351 g/mol. The van der Waals surface area contributed by atoms with E-state index in [4.69, 9.17) is 39.5 Å². The number of hydrogen-bond acceptors (Lipinski definition) is 3. The molecule has 1 aromatic rings. The number of nitrogens with one attached hydrogen (secondary N) is 1. The minimum Gasteiger partial charge on any atom is -0.466 e. The third-order valence-corrected chi connectivity index (χ3v) is 4.46. The Labute approximate surface area is 139 Å². The summed E-state index contributed by atoms with van der Waals surface area (Å²) < 4.78 is 5.11. The standard InChI is InChI=1S/C15H18Cl3NO2/c1-2-21-15(20)9-4-3-5-11(6-9)19-14-12(17)7-10(16)8-13(14)18/h7-9,11,19H,2-6H2,1H3. The topological polar surface area (TPSA) is 38.3 Å². The third-order valence-electron chi connectivity index (χ3n) is 3.65. The van der Waals surface area contributed by atoms with E-state index in [0.717, 1.165) is 25.7 Å². The van der Waals surface area contributed by atoms with Crippen LogP contribution in [0.25, 0.3) is 0 Å². The quantitative estimate of drug-likeness (QED) is 0.760. The Bertz CT molecular complexity index is 499. The number of benzene rings is 1. The summed E-state index contributed by atoms with van der Waals surface area (Å²) in [6.45, 7) is 2.24. The molecule has 0 heterocycles. The second-order valence-corrected chi connectivity index (χ2v) is 6.45. The van der Waals surface area contributed by atoms with Gasteiger partial charge in [0.2, 0.25) is 0 Å². The Hall–Kier alpha value is -0.640. The molecule has 1 aliphatic carbocycles. The van der Waals surface area contributed by atoms with E-state index in [-0.39, 0.29) is 17.9 Å². The summed E-state index contributed by atoms with van der Waals surface area (Å²) in [5, 5.41) is 4.83. The number of carbonyl (C=O) groups is 1. The first-order chi connectivity index (χ1) is 10.0. The van der Waals surface area contributed by atoms with Crippen LogP contribution in [0.5, 0.6) is 0 Å². The summed E-state index contributed by atoms with van der Waals surface area (Å²) in [5.41, 5.74) is 0.678. The van der Waals surface area contributed by atoms with E-state index >= 15 is 0 Å². The molecule has 1 N–H and O–H groups in total. The van der Waals surface area contributed by atoms with Crippen LogP contribution in [0.2, 0.25) is 15.1 Å². The Morgan fingerprint density at radius 1 is 1.29 bits per heavy atom. The smallest absolute Gasteiger partial charge is 0.308 e. The van der Waals surface area contributed by atoms with E-state index in [9.17, 15) is 4.79 Å². The Morgan fingerprint density at radius 2 is 1.95 bits per heavy atom. The van der Waals surface area contributed by atoms with Gasteiger partial charge in [-0.3, -0.25) is 4.79 Å². The van der Waals surface area contributed by atoms with E-state index in [1.807, 2.05) is 6.92 Å². The second kappa shape index (κ2) is 7.57. The van der Waals surface area contributed by atoms with Crippen LogP contribution in [0, 0.1) is 5.92 Å². The summed E-state index contributed by atoms with van der Waals surface area (Å²) in [6, 6.07) is 3.47. The highest BCUT2D eigenvalue weighted by Crippen LogP contribution is 2.36. The fourth-order valence-electron chi connectivity index (χ4n) is 2.68. The number of esters is 1. The summed E-state index contributed by atoms with van der Waals surface area (Å²) in [6.07, 6.45) is 3.56. The maximum Gasteiger partial charge on any atom is 0.308 e. The van der Waals surface area contributed by atoms with Crippen LogP contribution in [0.3, 0.4) is 0 Å². The lowest BCUT2D eigenvalue weighted by atomic mass is 9.85. The highest BCUT2D eigenvalue weighted by molar-refractivity contribution is 6.41. The zero-order chi connectivity index (χ0) is 15.4. The van der Waals surface area contributed by atoms with Crippen LogP contribution in [0.15, 0.2) is 12.1 Å². The molecule has 3 nitrogen and oxygen atoms in total. The van der Waals surface area contributed by atoms with E-state index in [0.29, 0.717) is 27.4 Å². The lowest BCUT2D eigenvalue weighted by Gasteiger charge is -2.29. The molecular weight excluding hydrogens is 333 g/mol. The van der Waals surface area contributed by atoms with Gasteiger partial charge in [0.25, 0.3) is 0 Å². The average Bonchev–Trinajstić information content (AvgIpc) is 2.43. The van der Waals surface area contributed by atoms with Crippen molar-refractivity contribution in [2.75, 3.05) is 11.9 Å². The van der Waals surface area contributed by atoms with Crippen molar-refractivity contribution in [2.24, 2.45) is 5.92 Å². The molecule has 1 aromatic carbocycles. The fourth-order valence-corrected chi connectivity index (χ4v) is 3.61. The number of anilines is 1. The van der Waals surface area contributed by atoms with Crippen molar-refractivity contribution >= 4 is 46.5 Å². The van der Waals surface area contributed by atoms with E-state index < -0.39 is 0 Å². The second-order valence-electron chi connectivity index (χ2n) is 5.20. The minimum atomic E-state index is -0.114. The predicted octanol–water partition coefficient (Wildman–Crippen LogP) is 5.18. The van der Waals surface area contributed by atoms with Crippen molar-refractivity contribution in [3.8, 4) is 0 Å². The van der Waals surface area contributed by atoms with Gasteiger partial charge < -0.3 is 10.1 Å². The molecule has 0 spiro atoms. The van der Waals surface area contributed by atoms with Crippen LogP contribution in [-0.4, -0.2) is 18.6 Å². The molecule has 0 aliphatic heterocycles. The fraction of sp³-hybridized carbons (Fsp3) is 0.533. The first kappa shape index (κ1) is 16.7. The Morgan fingerprint density at radius 3 is 2.57 bits per heavy atom. The molecule has 0 aromatic heterocycles. The summed E-state index contributed by atoms with van der Waals surface area (Å²) in [7, 11) is 0. The molecule has 21 heavy (non-hydrogen) atoms. The van der Waals surface area contributed by atoms with Crippen LogP contribution in [0.4, 0.5) is 5.69 Å². The van der Waals surface area contributed by atoms with Gasteiger partial charge in [-0.25, -0.2) is 0 Å². The molecule has 1 aliphatic rings. The summed E-state index contributed by atoms with van der Waals surface area (Å²) >= 11 is 18.3. The van der Waals surface area contributed by atoms with Crippen molar-refractivity contribution in [2.45, 2.75) is 38.6 Å². The van der Waals surface area contributed by atoms with Gasteiger partial charge >= 0.3 is 5.97 Å². The van der Waals surface area contributed by atoms with Crippen molar-refractivity contribution in [3.05, 3.63) is 27.2 Å². The molecule has 1 saturated carbocycles. The van der Waals surface area contributed by atoms with Gasteiger partial charge in [-0.05, 0) is 38.3 Å². The van der Waals surface area contributed by atoms with Gasteiger partial charge in [-0.1, -0.05) is 41.2 Å². The van der Waals surface area contributed by atoms with Crippen LogP contribution in [-0.2, 0) is 9.53 Å². The first-order valence-electron chi connectivity index (χ1n) is 7.09. The molecule has 0 bridgehead atoms. The zero-order valence-electron chi connectivity index (χ0n) is 11.8. The normalized spacial score (nSPS) is 21.9. The number of rotatable bonds is 4. The molecule has 6 heteroatoms. The predicted molar refractivity (Wildman–Crippen MR) is 87.5 cm³/mol. The maximum absolute atomic E-state index is 11.9. The molecule has 2 unspecified atom stereocenters. The molecule has 1 fully saturated rings. The Kier molecular flexibility index (Phi) is 6.03. The van der Waals surface area contributed by atoms with E-state index in [1.165, 1.54) is 0 Å². The number of carbonyl (C=O) groups excluding carboxylic acids is 1. The van der Waals surface area contributed by atoms with Crippen molar-refractivity contribution < 1.29 is 9.53 Å². The lowest BCUT2D eigenvalue weighted by Crippen LogP contribution is -2.32. The Balaban J connectivity index is 2.04. The van der Waals surface area contributed by atoms with Gasteiger partial charge in [0.15, 0.2) is 0 Å². The minimum absolute atomic E-state index is 0.0546. The van der Waals surface area contributed by atoms with E-state index in [2.05, 4.69) is 5.32 Å². The van der Waals surface area contributed by atoms with Gasteiger partial charge in [0.1, 0.15) is 0 Å². The van der Waals surface area contributed by atoms with Gasteiger partial charge in [0.05, 0.1) is 28.3 Å². The largest absolute Gasteiger partial charge is 0.466 e. The number of hydrogen-bond donors (Lipinski definition) is 1. The molecule has 0 amide bonds. The maximum atomic E-state index is 11.9. The molecular formula is C15H18Cl3NO2. The molecule has 116 valence electrons. The highest BCUT2D eigenvalue weighted by atomic mass is 35.5. The SMILES string of the molecule is CCOC(=O)C1CCCC(Nc2c(Cl)cc(Cl)cc2Cl)C1. The summed E-state index contributed by atoms with van der Waals surface area (Å²) in [5.74, 6) is -0.168. The monoisotopic (exact) mass is 349 g/mol. The molecule has 0 saturated heterocycles. The van der Waals surface area contributed by atoms with Crippen LogP contribution < -0.4 is 5.32 Å². The lowest BCUT2D eigenvalue weighted by molar-refractivity contribution is -0.149. The third kappa shape index (κ3) is 4.41. The zero-order valence-corrected chi connectivity index (χ0v) is 14.1. The van der Waals surface area contributed by atoms with Crippen LogP contribution >= 0.6 is 34.8 Å². The van der Waals surface area contributed by atoms with E-state index in [1.54, 1.807) is 12.1 Å². The highest BCUT2D eigenvalue weighted by Gasteiger charge is 2.28. The summed E-state index contributed by atoms with van der Waals surface area (Å²) in [4.78, 5) is 11.9. The van der Waals surface area contributed by atoms with Gasteiger partial charge in [0, 0.05) is 11.1 Å². The van der Waals surface area contributed by atoms with Gasteiger partial charge in [-0.2, -0.15) is 0 Å². The van der Waals surface area contributed by atoms with Crippen molar-refractivity contribution in [1.82, 2.24) is 0 Å².